The molecule has 8 heteroatoms. The second kappa shape index (κ2) is 9.88. The SMILES string of the molecule is CCCN(CC(=O)Nc1ccccc1OC)Cc1csc(NC(C)=O)n1. The fourth-order valence-electron chi connectivity index (χ4n) is 2.49. The summed E-state index contributed by atoms with van der Waals surface area (Å²) in [5.41, 5.74) is 1.48. The van der Waals surface area contributed by atoms with Crippen LogP contribution in [0.1, 0.15) is 26.0 Å². The zero-order chi connectivity index (χ0) is 18.9. The van der Waals surface area contributed by atoms with Crippen LogP contribution in [0.2, 0.25) is 0 Å². The number of anilines is 2. The average Bonchev–Trinajstić information content (AvgIpc) is 3.01. The number of nitrogens with zero attached hydrogens (tertiary/aromatic N) is 2. The van der Waals surface area contributed by atoms with Crippen molar-refractivity contribution in [2.24, 2.45) is 0 Å². The minimum absolute atomic E-state index is 0.111. The Hall–Kier alpha value is -2.45. The highest BCUT2D eigenvalue weighted by atomic mass is 32.1. The number of nitrogens with one attached hydrogen (secondary N) is 2. The molecule has 0 aliphatic carbocycles. The van der Waals surface area contributed by atoms with Crippen molar-refractivity contribution in [1.29, 1.82) is 0 Å². The molecule has 0 bridgehead atoms. The summed E-state index contributed by atoms with van der Waals surface area (Å²) in [7, 11) is 1.57. The van der Waals surface area contributed by atoms with Crippen LogP contribution in [0.5, 0.6) is 5.75 Å². The molecular formula is C18H24N4O3S. The Labute approximate surface area is 157 Å². The van der Waals surface area contributed by atoms with Crippen molar-refractivity contribution in [2.45, 2.75) is 26.8 Å². The third-order valence-corrected chi connectivity index (χ3v) is 4.31. The molecule has 1 aromatic heterocycles. The predicted octanol–water partition coefficient (Wildman–Crippen LogP) is 2.96. The molecule has 2 rings (SSSR count). The van der Waals surface area contributed by atoms with E-state index in [-0.39, 0.29) is 18.4 Å². The second-order valence-corrected chi connectivity index (χ2v) is 6.64. The number of carbonyl (C=O) groups is 2. The van der Waals surface area contributed by atoms with E-state index in [1.807, 2.05) is 22.4 Å². The molecule has 0 spiro atoms. The molecule has 2 aromatic rings. The Morgan fingerprint density at radius 1 is 1.27 bits per heavy atom. The van der Waals surface area contributed by atoms with Gasteiger partial charge in [-0.1, -0.05) is 19.1 Å². The van der Waals surface area contributed by atoms with Crippen molar-refractivity contribution in [3.8, 4) is 5.75 Å². The van der Waals surface area contributed by atoms with Crippen LogP contribution >= 0.6 is 11.3 Å². The maximum absolute atomic E-state index is 12.4. The van der Waals surface area contributed by atoms with Gasteiger partial charge in [-0.3, -0.25) is 14.5 Å². The third kappa shape index (κ3) is 6.12. The topological polar surface area (TPSA) is 83.6 Å². The minimum atomic E-state index is -0.146. The molecule has 26 heavy (non-hydrogen) atoms. The van der Waals surface area contributed by atoms with Crippen LogP contribution in [0.25, 0.3) is 0 Å². The van der Waals surface area contributed by atoms with Crippen molar-refractivity contribution >= 4 is 34.0 Å². The minimum Gasteiger partial charge on any atom is -0.495 e. The van der Waals surface area contributed by atoms with Crippen molar-refractivity contribution in [2.75, 3.05) is 30.8 Å². The van der Waals surface area contributed by atoms with E-state index in [4.69, 9.17) is 4.74 Å². The molecule has 0 fully saturated rings. The molecule has 0 aliphatic rings. The zero-order valence-corrected chi connectivity index (χ0v) is 16.1. The molecule has 1 aromatic carbocycles. The lowest BCUT2D eigenvalue weighted by molar-refractivity contribution is -0.117. The van der Waals surface area contributed by atoms with E-state index in [1.165, 1.54) is 18.3 Å². The van der Waals surface area contributed by atoms with Gasteiger partial charge in [0, 0.05) is 18.8 Å². The van der Waals surface area contributed by atoms with Crippen molar-refractivity contribution in [3.63, 3.8) is 0 Å². The van der Waals surface area contributed by atoms with Gasteiger partial charge in [0.2, 0.25) is 11.8 Å². The van der Waals surface area contributed by atoms with Crippen LogP contribution in [0.4, 0.5) is 10.8 Å². The summed E-state index contributed by atoms with van der Waals surface area (Å²) < 4.78 is 5.26. The summed E-state index contributed by atoms with van der Waals surface area (Å²) in [5.74, 6) is 0.370. The van der Waals surface area contributed by atoms with Crippen molar-refractivity contribution in [1.82, 2.24) is 9.88 Å². The van der Waals surface area contributed by atoms with Crippen molar-refractivity contribution in [3.05, 3.63) is 35.3 Å². The molecule has 0 atom stereocenters. The molecule has 0 saturated heterocycles. The molecule has 140 valence electrons. The fraction of sp³-hybridized carbons (Fsp3) is 0.389. The number of ether oxygens (including phenoxy) is 1. The zero-order valence-electron chi connectivity index (χ0n) is 15.2. The monoisotopic (exact) mass is 376 g/mol. The van der Waals surface area contributed by atoms with Crippen LogP contribution < -0.4 is 15.4 Å². The summed E-state index contributed by atoms with van der Waals surface area (Å²) in [5, 5.41) is 8.03. The van der Waals surface area contributed by atoms with Gasteiger partial charge < -0.3 is 15.4 Å². The number of hydrogen-bond donors (Lipinski definition) is 2. The third-order valence-electron chi connectivity index (χ3n) is 3.51. The van der Waals surface area contributed by atoms with E-state index in [2.05, 4.69) is 22.5 Å². The number of thiazole rings is 1. The summed E-state index contributed by atoms with van der Waals surface area (Å²) >= 11 is 1.38. The summed E-state index contributed by atoms with van der Waals surface area (Å²) in [6.45, 7) is 5.08. The lowest BCUT2D eigenvalue weighted by Gasteiger charge is -2.20. The van der Waals surface area contributed by atoms with Crippen molar-refractivity contribution < 1.29 is 14.3 Å². The molecule has 7 nitrogen and oxygen atoms in total. The summed E-state index contributed by atoms with van der Waals surface area (Å²) in [6.07, 6.45) is 0.921. The fourth-order valence-corrected chi connectivity index (χ4v) is 3.24. The van der Waals surface area contributed by atoms with E-state index < -0.39 is 0 Å². The highest BCUT2D eigenvalue weighted by molar-refractivity contribution is 7.13. The van der Waals surface area contributed by atoms with E-state index in [1.54, 1.807) is 19.2 Å². The number of carbonyl (C=O) groups excluding carboxylic acids is 2. The second-order valence-electron chi connectivity index (χ2n) is 5.78. The maximum Gasteiger partial charge on any atom is 0.238 e. The first kappa shape index (κ1) is 19.9. The molecule has 2 amide bonds. The van der Waals surface area contributed by atoms with Gasteiger partial charge in [0.15, 0.2) is 5.13 Å². The number of methoxy groups -OCH3 is 1. The first-order chi connectivity index (χ1) is 12.5. The molecule has 0 aliphatic heterocycles. The summed E-state index contributed by atoms with van der Waals surface area (Å²) in [4.78, 5) is 29.9. The largest absolute Gasteiger partial charge is 0.495 e. The van der Waals surface area contributed by atoms with Gasteiger partial charge in [-0.25, -0.2) is 4.98 Å². The molecule has 0 unspecified atom stereocenters. The Bertz CT molecular complexity index is 748. The van der Waals surface area contributed by atoms with Crippen LogP contribution in [0.15, 0.2) is 29.6 Å². The van der Waals surface area contributed by atoms with Gasteiger partial charge in [-0.05, 0) is 25.1 Å². The van der Waals surface area contributed by atoms with Gasteiger partial charge in [-0.15, -0.1) is 11.3 Å². The highest BCUT2D eigenvalue weighted by Crippen LogP contribution is 2.23. The first-order valence-electron chi connectivity index (χ1n) is 8.39. The highest BCUT2D eigenvalue weighted by Gasteiger charge is 2.14. The van der Waals surface area contributed by atoms with Crippen LogP contribution in [0.3, 0.4) is 0 Å². The van der Waals surface area contributed by atoms with Gasteiger partial charge in [-0.2, -0.15) is 0 Å². The van der Waals surface area contributed by atoms with Gasteiger partial charge in [0.05, 0.1) is 25.0 Å². The lowest BCUT2D eigenvalue weighted by Crippen LogP contribution is -2.33. The van der Waals surface area contributed by atoms with Crippen LogP contribution in [0, 0.1) is 0 Å². The van der Waals surface area contributed by atoms with Crippen LogP contribution in [-0.4, -0.2) is 41.9 Å². The van der Waals surface area contributed by atoms with Crippen LogP contribution in [-0.2, 0) is 16.1 Å². The number of rotatable bonds is 9. The number of benzene rings is 1. The molecule has 0 saturated carbocycles. The first-order valence-corrected chi connectivity index (χ1v) is 9.27. The summed E-state index contributed by atoms with van der Waals surface area (Å²) in [6, 6.07) is 7.31. The Kier molecular flexibility index (Phi) is 7.55. The van der Waals surface area contributed by atoms with E-state index in [9.17, 15) is 9.59 Å². The Morgan fingerprint density at radius 2 is 2.04 bits per heavy atom. The number of aromatic nitrogens is 1. The smallest absolute Gasteiger partial charge is 0.238 e. The van der Waals surface area contributed by atoms with Gasteiger partial charge in [0.25, 0.3) is 0 Å². The number of hydrogen-bond acceptors (Lipinski definition) is 6. The quantitative estimate of drug-likeness (QED) is 0.703. The van der Waals surface area contributed by atoms with E-state index in [0.29, 0.717) is 23.1 Å². The lowest BCUT2D eigenvalue weighted by atomic mass is 10.3. The normalized spacial score (nSPS) is 10.6. The molecule has 2 N–H and O–H groups in total. The molecule has 1 heterocycles. The van der Waals surface area contributed by atoms with Gasteiger partial charge in [0.1, 0.15) is 5.75 Å². The van der Waals surface area contributed by atoms with Gasteiger partial charge >= 0.3 is 0 Å². The standard InChI is InChI=1S/C18H24N4O3S/c1-4-9-22(10-14-12-26-18(20-14)19-13(2)23)11-17(24)21-15-7-5-6-8-16(15)25-3/h5-8,12H,4,9-11H2,1-3H3,(H,21,24)(H,19,20,23). The molecular weight excluding hydrogens is 352 g/mol. The van der Waals surface area contributed by atoms with E-state index in [0.717, 1.165) is 18.7 Å². The maximum atomic E-state index is 12.4. The average molecular weight is 376 g/mol. The Morgan fingerprint density at radius 3 is 2.73 bits per heavy atom. The Balaban J connectivity index is 1.97. The number of para-hydroxylation sites is 2. The predicted molar refractivity (Wildman–Crippen MR) is 104 cm³/mol. The molecule has 0 radical (unpaired) electrons. The number of amides is 2. The van der Waals surface area contributed by atoms with E-state index >= 15 is 0 Å².